The molecular weight excluding hydrogens is 294 g/mol. The third kappa shape index (κ3) is 2.38. The Morgan fingerprint density at radius 2 is 2.22 bits per heavy atom. The first kappa shape index (κ1) is 14.2. The van der Waals surface area contributed by atoms with Gasteiger partial charge in [0.05, 0.1) is 17.9 Å². The highest BCUT2D eigenvalue weighted by molar-refractivity contribution is 5.88. The number of rotatable bonds is 3. The average molecular weight is 313 g/mol. The molecule has 6 heteroatoms. The van der Waals surface area contributed by atoms with Crippen molar-refractivity contribution in [3.05, 3.63) is 36.2 Å². The first-order valence-corrected chi connectivity index (χ1v) is 8.09. The van der Waals surface area contributed by atoms with Crippen molar-refractivity contribution in [1.82, 2.24) is 14.9 Å². The number of aromatic nitrogens is 2. The summed E-state index contributed by atoms with van der Waals surface area (Å²) in [7, 11) is 0. The molecule has 4 rings (SSSR count). The molecule has 2 fully saturated rings. The van der Waals surface area contributed by atoms with Gasteiger partial charge in [0.25, 0.3) is 0 Å². The summed E-state index contributed by atoms with van der Waals surface area (Å²) in [5.41, 5.74) is 1.43. The monoisotopic (exact) mass is 313 g/mol. The number of esters is 1. The minimum atomic E-state index is -0.552. The number of hydrogen-bond acceptors (Lipinski definition) is 4. The van der Waals surface area contributed by atoms with E-state index < -0.39 is 5.60 Å². The number of carbonyl (C=O) groups is 2. The standard InChI is InChI=1S/C17H19N3O3/c21-15-10-13(17(23-15)6-1-2-7-17)16(22)18-11-12-4-3-9-20-14(12)5-8-19-20/h3-5,8-9,13H,1-2,6-7,10-11H2,(H,18,22). The lowest BCUT2D eigenvalue weighted by Gasteiger charge is -2.27. The lowest BCUT2D eigenvalue weighted by Crippen LogP contribution is -2.42. The summed E-state index contributed by atoms with van der Waals surface area (Å²) >= 11 is 0. The van der Waals surface area contributed by atoms with Crippen molar-refractivity contribution in [3.8, 4) is 0 Å². The van der Waals surface area contributed by atoms with Gasteiger partial charge in [0, 0.05) is 18.9 Å². The van der Waals surface area contributed by atoms with Crippen LogP contribution in [-0.2, 0) is 20.9 Å². The molecule has 1 saturated carbocycles. The summed E-state index contributed by atoms with van der Waals surface area (Å²) in [6.07, 6.45) is 7.44. The van der Waals surface area contributed by atoms with Gasteiger partial charge in [-0.05, 0) is 43.4 Å². The fourth-order valence-corrected chi connectivity index (χ4v) is 3.92. The van der Waals surface area contributed by atoms with Crippen molar-refractivity contribution in [2.75, 3.05) is 0 Å². The van der Waals surface area contributed by atoms with E-state index in [1.165, 1.54) is 0 Å². The minimum absolute atomic E-state index is 0.0840. The van der Waals surface area contributed by atoms with E-state index in [1.807, 2.05) is 24.4 Å². The van der Waals surface area contributed by atoms with Gasteiger partial charge in [-0.3, -0.25) is 9.59 Å². The van der Waals surface area contributed by atoms with Crippen LogP contribution in [0.15, 0.2) is 30.6 Å². The summed E-state index contributed by atoms with van der Waals surface area (Å²) in [6, 6.07) is 5.79. The summed E-state index contributed by atoms with van der Waals surface area (Å²) < 4.78 is 7.32. The second-order valence-electron chi connectivity index (χ2n) is 6.41. The highest BCUT2D eigenvalue weighted by Crippen LogP contribution is 2.45. The molecule has 1 amide bonds. The van der Waals surface area contributed by atoms with Crippen molar-refractivity contribution in [2.24, 2.45) is 5.92 Å². The van der Waals surface area contributed by atoms with Crippen LogP contribution < -0.4 is 5.32 Å². The third-order valence-corrected chi connectivity index (χ3v) is 5.07. The van der Waals surface area contributed by atoms with Crippen LogP contribution >= 0.6 is 0 Å². The van der Waals surface area contributed by atoms with E-state index in [9.17, 15) is 9.59 Å². The van der Waals surface area contributed by atoms with Gasteiger partial charge in [0.1, 0.15) is 5.60 Å². The number of carbonyl (C=O) groups excluding carboxylic acids is 2. The predicted octanol–water partition coefficient (Wildman–Crippen LogP) is 1.83. The quantitative estimate of drug-likeness (QED) is 0.877. The van der Waals surface area contributed by atoms with E-state index in [1.54, 1.807) is 10.7 Å². The molecule has 6 nitrogen and oxygen atoms in total. The molecule has 1 N–H and O–H groups in total. The Balaban J connectivity index is 1.49. The van der Waals surface area contributed by atoms with Gasteiger partial charge in [-0.15, -0.1) is 0 Å². The van der Waals surface area contributed by atoms with Crippen LogP contribution in [0.1, 0.15) is 37.7 Å². The number of amides is 1. The van der Waals surface area contributed by atoms with Gasteiger partial charge < -0.3 is 10.1 Å². The Kier molecular flexibility index (Phi) is 3.32. The van der Waals surface area contributed by atoms with Gasteiger partial charge in [0.15, 0.2) is 0 Å². The summed E-state index contributed by atoms with van der Waals surface area (Å²) in [4.78, 5) is 24.4. The molecule has 1 aliphatic carbocycles. The Hall–Kier alpha value is -2.37. The van der Waals surface area contributed by atoms with Crippen LogP contribution in [0.5, 0.6) is 0 Å². The van der Waals surface area contributed by atoms with Crippen LogP contribution in [0.3, 0.4) is 0 Å². The molecule has 23 heavy (non-hydrogen) atoms. The molecule has 3 heterocycles. The van der Waals surface area contributed by atoms with Crippen molar-refractivity contribution < 1.29 is 14.3 Å². The van der Waals surface area contributed by atoms with Gasteiger partial charge in [-0.1, -0.05) is 6.07 Å². The second-order valence-corrected chi connectivity index (χ2v) is 6.41. The van der Waals surface area contributed by atoms with E-state index in [0.29, 0.717) is 6.54 Å². The Bertz CT molecular complexity index is 761. The number of nitrogens with zero attached hydrogens (tertiary/aromatic N) is 2. The van der Waals surface area contributed by atoms with E-state index in [0.717, 1.165) is 36.8 Å². The molecule has 1 spiro atoms. The molecule has 1 unspecified atom stereocenters. The highest BCUT2D eigenvalue weighted by atomic mass is 16.6. The van der Waals surface area contributed by atoms with E-state index in [4.69, 9.17) is 4.74 Å². The highest BCUT2D eigenvalue weighted by Gasteiger charge is 2.53. The van der Waals surface area contributed by atoms with Gasteiger partial charge in [0.2, 0.25) is 5.91 Å². The maximum atomic E-state index is 12.6. The van der Waals surface area contributed by atoms with Crippen molar-refractivity contribution in [1.29, 1.82) is 0 Å². The zero-order valence-electron chi connectivity index (χ0n) is 12.8. The van der Waals surface area contributed by atoms with Crippen LogP contribution in [0.25, 0.3) is 5.52 Å². The third-order valence-electron chi connectivity index (χ3n) is 5.07. The molecule has 0 radical (unpaired) electrons. The first-order chi connectivity index (χ1) is 11.2. The summed E-state index contributed by atoms with van der Waals surface area (Å²) in [6.45, 7) is 0.426. The molecule has 2 aliphatic rings. The molecule has 0 aromatic carbocycles. The maximum absolute atomic E-state index is 12.6. The second kappa shape index (κ2) is 5.37. The molecule has 2 aromatic rings. The van der Waals surface area contributed by atoms with Gasteiger partial charge in [-0.25, -0.2) is 4.52 Å². The zero-order chi connectivity index (χ0) is 15.9. The Morgan fingerprint density at radius 3 is 3.04 bits per heavy atom. The van der Waals surface area contributed by atoms with Gasteiger partial charge >= 0.3 is 5.97 Å². The van der Waals surface area contributed by atoms with E-state index in [-0.39, 0.29) is 24.2 Å². The van der Waals surface area contributed by atoms with Gasteiger partial charge in [-0.2, -0.15) is 5.10 Å². The SMILES string of the molecule is O=C1CC(C(=O)NCc2cccn3nccc23)C2(CCCC2)O1. The molecule has 120 valence electrons. The number of nitrogens with one attached hydrogen (secondary N) is 1. The van der Waals surface area contributed by atoms with Crippen molar-refractivity contribution >= 4 is 17.4 Å². The maximum Gasteiger partial charge on any atom is 0.307 e. The van der Waals surface area contributed by atoms with Crippen LogP contribution in [0.2, 0.25) is 0 Å². The lowest BCUT2D eigenvalue weighted by atomic mass is 9.85. The molecule has 1 aliphatic heterocycles. The number of hydrogen-bond donors (Lipinski definition) is 1. The largest absolute Gasteiger partial charge is 0.458 e. The van der Waals surface area contributed by atoms with Crippen LogP contribution in [0.4, 0.5) is 0 Å². The fourth-order valence-electron chi connectivity index (χ4n) is 3.92. The smallest absolute Gasteiger partial charge is 0.307 e. The topological polar surface area (TPSA) is 72.7 Å². The predicted molar refractivity (Wildman–Crippen MR) is 82.4 cm³/mol. The number of fused-ring (bicyclic) bond motifs is 1. The Labute approximate surface area is 133 Å². The van der Waals surface area contributed by atoms with Crippen LogP contribution in [0, 0.1) is 5.92 Å². The minimum Gasteiger partial charge on any atom is -0.458 e. The van der Waals surface area contributed by atoms with E-state index >= 15 is 0 Å². The zero-order valence-corrected chi connectivity index (χ0v) is 12.8. The van der Waals surface area contributed by atoms with Crippen molar-refractivity contribution in [3.63, 3.8) is 0 Å². The first-order valence-electron chi connectivity index (χ1n) is 8.09. The molecule has 0 bridgehead atoms. The van der Waals surface area contributed by atoms with E-state index in [2.05, 4.69) is 10.4 Å². The lowest BCUT2D eigenvalue weighted by molar-refractivity contribution is -0.149. The summed E-state index contributed by atoms with van der Waals surface area (Å²) in [5, 5.41) is 7.17. The summed E-state index contributed by atoms with van der Waals surface area (Å²) in [5.74, 6) is -0.689. The fraction of sp³-hybridized carbons (Fsp3) is 0.471. The Morgan fingerprint density at radius 1 is 1.39 bits per heavy atom. The molecule has 2 aromatic heterocycles. The molecule has 1 atom stereocenters. The van der Waals surface area contributed by atoms with Crippen molar-refractivity contribution in [2.45, 2.75) is 44.2 Å². The number of ether oxygens (including phenoxy) is 1. The molecule has 1 saturated heterocycles. The average Bonchev–Trinajstić information content (AvgIpc) is 3.25. The normalized spacial score (nSPS) is 22.6. The van der Waals surface area contributed by atoms with Crippen LogP contribution in [-0.4, -0.2) is 27.1 Å². The number of pyridine rings is 1. The molecular formula is C17H19N3O3.